The minimum atomic E-state index is -0.508. The lowest BCUT2D eigenvalue weighted by molar-refractivity contribution is -0.119. The van der Waals surface area contributed by atoms with Crippen LogP contribution in [0.5, 0.6) is 11.5 Å². The van der Waals surface area contributed by atoms with Crippen molar-refractivity contribution in [2.24, 2.45) is 10.7 Å². The van der Waals surface area contributed by atoms with Gasteiger partial charge in [0.1, 0.15) is 18.1 Å². The number of carbonyl (C=O) groups excluding carboxylic acids is 1. The molecule has 0 aromatic heterocycles. The molecule has 7 nitrogen and oxygen atoms in total. The molecule has 0 spiro atoms. The molecule has 0 unspecified atom stereocenters. The Hall–Kier alpha value is -2.93. The van der Waals surface area contributed by atoms with E-state index in [-0.39, 0.29) is 6.61 Å². The number of aliphatic imine (C=N–C) groups is 1. The van der Waals surface area contributed by atoms with Crippen LogP contribution in [0.1, 0.15) is 5.56 Å². The highest BCUT2D eigenvalue weighted by Gasteiger charge is 2.07. The van der Waals surface area contributed by atoms with Crippen molar-refractivity contribution >= 4 is 23.5 Å². The highest BCUT2D eigenvalue weighted by molar-refractivity contribution is 6.30. The maximum Gasteiger partial charge on any atom is 0.255 e. The first-order chi connectivity index (χ1) is 13.5. The molecule has 28 heavy (non-hydrogen) atoms. The molecule has 1 amide bonds. The number of primary amides is 1. The molecule has 150 valence electrons. The number of rotatable bonds is 9. The summed E-state index contributed by atoms with van der Waals surface area (Å²) in [6.07, 6.45) is 0. The number of carbonyl (C=O) groups is 1. The molecule has 0 radical (unpaired) electrons. The van der Waals surface area contributed by atoms with E-state index in [0.29, 0.717) is 30.5 Å². The lowest BCUT2D eigenvalue weighted by Gasteiger charge is -2.22. The summed E-state index contributed by atoms with van der Waals surface area (Å²) in [4.78, 5) is 17.1. The van der Waals surface area contributed by atoms with Crippen molar-refractivity contribution in [1.29, 1.82) is 0 Å². The van der Waals surface area contributed by atoms with Crippen LogP contribution >= 0.6 is 11.6 Å². The van der Waals surface area contributed by atoms with Crippen LogP contribution in [0.15, 0.2) is 53.5 Å². The number of guanidine groups is 1. The van der Waals surface area contributed by atoms with Gasteiger partial charge in [0.15, 0.2) is 12.6 Å². The maximum atomic E-state index is 10.8. The van der Waals surface area contributed by atoms with E-state index in [1.54, 1.807) is 25.2 Å². The first-order valence-corrected chi connectivity index (χ1v) is 9.16. The summed E-state index contributed by atoms with van der Waals surface area (Å²) in [6, 6.07) is 14.7. The van der Waals surface area contributed by atoms with Crippen LogP contribution in [-0.2, 0) is 11.3 Å². The summed E-state index contributed by atoms with van der Waals surface area (Å²) in [6.45, 7) is 1.58. The summed E-state index contributed by atoms with van der Waals surface area (Å²) >= 11 is 5.87. The minimum Gasteiger partial charge on any atom is -0.492 e. The van der Waals surface area contributed by atoms with Gasteiger partial charge < -0.3 is 25.4 Å². The number of hydrogen-bond acceptors (Lipinski definition) is 4. The van der Waals surface area contributed by atoms with Gasteiger partial charge in [-0.05, 0) is 42.0 Å². The summed E-state index contributed by atoms with van der Waals surface area (Å²) < 4.78 is 11.0. The molecule has 3 N–H and O–H groups in total. The molecule has 0 saturated heterocycles. The van der Waals surface area contributed by atoms with E-state index in [2.05, 4.69) is 10.3 Å². The normalized spacial score (nSPS) is 11.0. The molecule has 0 heterocycles. The van der Waals surface area contributed by atoms with Crippen LogP contribution in [0, 0.1) is 0 Å². The van der Waals surface area contributed by atoms with Gasteiger partial charge in [-0.15, -0.1) is 0 Å². The van der Waals surface area contributed by atoms with Crippen molar-refractivity contribution in [3.63, 3.8) is 0 Å². The largest absolute Gasteiger partial charge is 0.492 e. The van der Waals surface area contributed by atoms with Crippen LogP contribution in [0.4, 0.5) is 0 Å². The highest BCUT2D eigenvalue weighted by Crippen LogP contribution is 2.15. The molecule has 0 aliphatic carbocycles. The molecule has 0 aliphatic rings. The number of amides is 1. The molecule has 0 fully saturated rings. The molecular formula is C20H25ClN4O3. The Bertz CT molecular complexity index is 796. The third-order valence-corrected chi connectivity index (χ3v) is 4.06. The van der Waals surface area contributed by atoms with E-state index in [9.17, 15) is 4.79 Å². The second kappa shape index (κ2) is 11.0. The van der Waals surface area contributed by atoms with Gasteiger partial charge in [0, 0.05) is 25.7 Å². The molecule has 8 heteroatoms. The number of nitrogens with one attached hydrogen (secondary N) is 1. The Labute approximate surface area is 170 Å². The number of ether oxygens (including phenoxy) is 2. The first-order valence-electron chi connectivity index (χ1n) is 8.78. The molecule has 0 atom stereocenters. The molecule has 2 aromatic carbocycles. The van der Waals surface area contributed by atoms with Gasteiger partial charge in [-0.3, -0.25) is 9.79 Å². The highest BCUT2D eigenvalue weighted by atomic mass is 35.5. The van der Waals surface area contributed by atoms with Gasteiger partial charge in [-0.1, -0.05) is 23.7 Å². The van der Waals surface area contributed by atoms with Gasteiger partial charge in [0.2, 0.25) is 0 Å². The van der Waals surface area contributed by atoms with Crippen molar-refractivity contribution in [3.8, 4) is 11.5 Å². The standard InChI is InChI=1S/C20H25ClN4O3/c1-23-20(25(2)10-11-27-17-8-6-16(21)7-9-17)24-13-15-4-3-5-18(12-15)28-14-19(22)26/h3-9,12H,10-11,13-14H2,1-2H3,(H2,22,26)(H,23,24). The lowest BCUT2D eigenvalue weighted by atomic mass is 10.2. The molecule has 2 aromatic rings. The first kappa shape index (κ1) is 21.4. The summed E-state index contributed by atoms with van der Waals surface area (Å²) in [5.74, 6) is 1.60. The zero-order valence-corrected chi connectivity index (χ0v) is 16.8. The average Bonchev–Trinajstić information content (AvgIpc) is 2.69. The Balaban J connectivity index is 1.80. The fourth-order valence-electron chi connectivity index (χ4n) is 2.40. The lowest BCUT2D eigenvalue weighted by Crippen LogP contribution is -2.40. The van der Waals surface area contributed by atoms with Crippen molar-refractivity contribution in [2.75, 3.05) is 33.9 Å². The SMILES string of the molecule is CN=C(NCc1cccc(OCC(N)=O)c1)N(C)CCOc1ccc(Cl)cc1. The van der Waals surface area contributed by atoms with E-state index >= 15 is 0 Å². The Morgan fingerprint density at radius 1 is 1.18 bits per heavy atom. The fraction of sp³-hybridized carbons (Fsp3) is 0.300. The van der Waals surface area contributed by atoms with Gasteiger partial charge >= 0.3 is 0 Å². The summed E-state index contributed by atoms with van der Waals surface area (Å²) in [5, 5.41) is 3.97. The predicted octanol–water partition coefficient (Wildman–Crippen LogP) is 2.29. The molecular weight excluding hydrogens is 380 g/mol. The van der Waals surface area contributed by atoms with Crippen molar-refractivity contribution < 1.29 is 14.3 Å². The Morgan fingerprint density at radius 3 is 2.61 bits per heavy atom. The maximum absolute atomic E-state index is 10.8. The van der Waals surface area contributed by atoms with Crippen LogP contribution in [-0.4, -0.2) is 50.6 Å². The van der Waals surface area contributed by atoms with Gasteiger partial charge in [0.25, 0.3) is 5.91 Å². The number of nitrogens with two attached hydrogens (primary N) is 1. The molecule has 0 saturated carbocycles. The average molecular weight is 405 g/mol. The van der Waals surface area contributed by atoms with E-state index in [4.69, 9.17) is 26.8 Å². The van der Waals surface area contributed by atoms with E-state index in [1.165, 1.54) is 0 Å². The van der Waals surface area contributed by atoms with Crippen LogP contribution < -0.4 is 20.5 Å². The summed E-state index contributed by atoms with van der Waals surface area (Å²) in [7, 11) is 3.66. The van der Waals surface area contributed by atoms with Crippen molar-refractivity contribution in [2.45, 2.75) is 6.54 Å². The van der Waals surface area contributed by atoms with Gasteiger partial charge in [-0.2, -0.15) is 0 Å². The second-order valence-electron chi connectivity index (χ2n) is 6.03. The quantitative estimate of drug-likeness (QED) is 0.494. The molecule has 0 aliphatic heterocycles. The third-order valence-electron chi connectivity index (χ3n) is 3.81. The molecule has 0 bridgehead atoms. The topological polar surface area (TPSA) is 89.2 Å². The Kier molecular flexibility index (Phi) is 8.42. The number of nitrogens with zero attached hydrogens (tertiary/aromatic N) is 2. The summed E-state index contributed by atoms with van der Waals surface area (Å²) in [5.41, 5.74) is 6.09. The van der Waals surface area contributed by atoms with Crippen LogP contribution in [0.3, 0.4) is 0 Å². The number of halogens is 1. The van der Waals surface area contributed by atoms with Crippen LogP contribution in [0.2, 0.25) is 5.02 Å². The minimum absolute atomic E-state index is 0.144. The number of benzene rings is 2. The van der Waals surface area contributed by atoms with Gasteiger partial charge in [-0.25, -0.2) is 0 Å². The van der Waals surface area contributed by atoms with E-state index in [0.717, 1.165) is 17.3 Å². The third kappa shape index (κ3) is 7.36. The zero-order chi connectivity index (χ0) is 20.4. The second-order valence-corrected chi connectivity index (χ2v) is 6.46. The molecule has 2 rings (SSSR count). The fourth-order valence-corrected chi connectivity index (χ4v) is 2.53. The van der Waals surface area contributed by atoms with Crippen molar-refractivity contribution in [1.82, 2.24) is 10.2 Å². The number of hydrogen-bond donors (Lipinski definition) is 2. The monoisotopic (exact) mass is 404 g/mol. The van der Waals surface area contributed by atoms with Gasteiger partial charge in [0.05, 0.1) is 6.54 Å². The predicted molar refractivity (Wildman–Crippen MR) is 111 cm³/mol. The zero-order valence-electron chi connectivity index (χ0n) is 16.0. The number of likely N-dealkylation sites (N-methyl/N-ethyl adjacent to an activating group) is 1. The van der Waals surface area contributed by atoms with Crippen LogP contribution in [0.25, 0.3) is 0 Å². The van der Waals surface area contributed by atoms with Crippen molar-refractivity contribution in [3.05, 3.63) is 59.1 Å². The smallest absolute Gasteiger partial charge is 0.255 e. The Morgan fingerprint density at radius 2 is 1.93 bits per heavy atom. The van der Waals surface area contributed by atoms with E-state index < -0.39 is 5.91 Å². The van der Waals surface area contributed by atoms with E-state index in [1.807, 2.05) is 42.3 Å².